The fourth-order valence-corrected chi connectivity index (χ4v) is 0.700. The summed E-state index contributed by atoms with van der Waals surface area (Å²) < 4.78 is 5.09. The van der Waals surface area contributed by atoms with E-state index in [-0.39, 0.29) is 0 Å². The maximum atomic E-state index is 5.45. The van der Waals surface area contributed by atoms with Crippen LogP contribution in [0.2, 0.25) is 0 Å². The average molecular weight is 134 g/mol. The summed E-state index contributed by atoms with van der Waals surface area (Å²) in [4.78, 5) is 0. The summed E-state index contributed by atoms with van der Waals surface area (Å²) in [5.41, 5.74) is 0. The molecule has 46 valence electrons. The van der Waals surface area contributed by atoms with E-state index in [0.717, 1.165) is 18.9 Å². The minimum atomic E-state index is 0.465. The van der Waals surface area contributed by atoms with Gasteiger partial charge in [-0.05, 0) is 0 Å². The minimum absolute atomic E-state index is 0.465. The molecule has 0 amide bonds. The first-order valence-electron chi connectivity index (χ1n) is 2.54. The van der Waals surface area contributed by atoms with Crippen molar-refractivity contribution >= 4 is 11.6 Å². The normalized spacial score (nSPS) is 18.4. The predicted octanol–water partition coefficient (Wildman–Crippen LogP) is 0.686. The molecule has 3 heteroatoms. The highest BCUT2D eigenvalue weighted by molar-refractivity contribution is 6.19. The number of hydrogen-bond donors (Lipinski definition) is 1. The number of rotatable bonds is 1. The Hall–Kier alpha value is -0.370. The zero-order chi connectivity index (χ0) is 5.82. The summed E-state index contributed by atoms with van der Waals surface area (Å²) in [5, 5.41) is 3.01. The molecule has 0 spiro atoms. The highest BCUT2D eigenvalue weighted by Crippen LogP contribution is 2.00. The third-order valence-corrected chi connectivity index (χ3v) is 1.19. The quantitative estimate of drug-likeness (QED) is 0.532. The van der Waals surface area contributed by atoms with Crippen LogP contribution in [0.15, 0.2) is 12.0 Å². The molecule has 1 N–H and O–H groups in total. The van der Waals surface area contributed by atoms with Crippen LogP contribution in [0.5, 0.6) is 0 Å². The van der Waals surface area contributed by atoms with E-state index in [9.17, 15) is 0 Å². The summed E-state index contributed by atoms with van der Waals surface area (Å²) in [5.74, 6) is 1.30. The first-order valence-corrected chi connectivity index (χ1v) is 3.08. The summed E-state index contributed by atoms with van der Waals surface area (Å²) in [6, 6.07) is 0. The number of allylic oxidation sites excluding steroid dienone is 1. The van der Waals surface area contributed by atoms with Gasteiger partial charge in [0.1, 0.15) is 12.4 Å². The lowest BCUT2D eigenvalue weighted by atomic mass is 10.5. The Morgan fingerprint density at radius 3 is 3.12 bits per heavy atom. The Bertz CT molecular complexity index is 103. The van der Waals surface area contributed by atoms with Gasteiger partial charge in [0, 0.05) is 12.7 Å². The van der Waals surface area contributed by atoms with E-state index >= 15 is 0 Å². The van der Waals surface area contributed by atoms with Gasteiger partial charge in [-0.15, -0.1) is 11.6 Å². The molecule has 0 saturated carbocycles. The van der Waals surface area contributed by atoms with Crippen LogP contribution < -0.4 is 5.32 Å². The van der Waals surface area contributed by atoms with Gasteiger partial charge in [0.2, 0.25) is 0 Å². The van der Waals surface area contributed by atoms with Gasteiger partial charge in [-0.1, -0.05) is 0 Å². The standard InChI is InChI=1S/C5H8ClNO/c6-3-5-4-7-1-2-8-5/h4,7H,1-3H2. The maximum absolute atomic E-state index is 5.45. The van der Waals surface area contributed by atoms with E-state index in [0.29, 0.717) is 5.88 Å². The van der Waals surface area contributed by atoms with Crippen molar-refractivity contribution in [3.8, 4) is 0 Å². The fraction of sp³-hybridized carbons (Fsp3) is 0.600. The van der Waals surface area contributed by atoms with Gasteiger partial charge in [0.25, 0.3) is 0 Å². The van der Waals surface area contributed by atoms with E-state index in [2.05, 4.69) is 5.32 Å². The second-order valence-electron chi connectivity index (χ2n) is 1.55. The molecular formula is C5H8ClNO. The monoisotopic (exact) mass is 133 g/mol. The highest BCUT2D eigenvalue weighted by atomic mass is 35.5. The Kier molecular flexibility index (Phi) is 2.03. The lowest BCUT2D eigenvalue weighted by Gasteiger charge is -2.13. The molecule has 0 bridgehead atoms. The third-order valence-electron chi connectivity index (χ3n) is 0.929. The van der Waals surface area contributed by atoms with Crippen LogP contribution >= 0.6 is 11.6 Å². The van der Waals surface area contributed by atoms with Gasteiger partial charge in [-0.25, -0.2) is 0 Å². The molecule has 0 aromatic carbocycles. The predicted molar refractivity (Wildman–Crippen MR) is 32.8 cm³/mol. The van der Waals surface area contributed by atoms with Gasteiger partial charge in [0.15, 0.2) is 0 Å². The van der Waals surface area contributed by atoms with Gasteiger partial charge >= 0.3 is 0 Å². The third kappa shape index (κ3) is 1.30. The van der Waals surface area contributed by atoms with E-state index < -0.39 is 0 Å². The number of hydrogen-bond acceptors (Lipinski definition) is 2. The number of ether oxygens (including phenoxy) is 1. The topological polar surface area (TPSA) is 21.3 Å². The molecule has 1 aliphatic heterocycles. The molecule has 0 aromatic rings. The molecular weight excluding hydrogens is 126 g/mol. The van der Waals surface area contributed by atoms with E-state index in [4.69, 9.17) is 16.3 Å². The summed E-state index contributed by atoms with van der Waals surface area (Å²) in [6.07, 6.45) is 1.80. The van der Waals surface area contributed by atoms with Crippen molar-refractivity contribution in [3.05, 3.63) is 12.0 Å². The lowest BCUT2D eigenvalue weighted by molar-refractivity contribution is 0.201. The SMILES string of the molecule is ClCC1=CNCCO1. The van der Waals surface area contributed by atoms with E-state index in [1.165, 1.54) is 0 Å². The van der Waals surface area contributed by atoms with Gasteiger partial charge in [-0.2, -0.15) is 0 Å². The van der Waals surface area contributed by atoms with Gasteiger partial charge in [0.05, 0.1) is 5.88 Å². The molecule has 1 heterocycles. The fourth-order valence-electron chi connectivity index (χ4n) is 0.546. The van der Waals surface area contributed by atoms with Crippen LogP contribution in [-0.2, 0) is 4.74 Å². The van der Waals surface area contributed by atoms with Crippen molar-refractivity contribution in [3.63, 3.8) is 0 Å². The molecule has 1 aliphatic rings. The van der Waals surface area contributed by atoms with Gasteiger partial charge < -0.3 is 10.1 Å². The summed E-state index contributed by atoms with van der Waals surface area (Å²) in [6.45, 7) is 1.62. The molecule has 0 fully saturated rings. The van der Waals surface area contributed by atoms with Crippen LogP contribution in [0.1, 0.15) is 0 Å². The highest BCUT2D eigenvalue weighted by Gasteiger charge is 1.99. The van der Waals surface area contributed by atoms with Crippen molar-refractivity contribution in [2.24, 2.45) is 0 Å². The van der Waals surface area contributed by atoms with Crippen molar-refractivity contribution in [1.82, 2.24) is 5.32 Å². The largest absolute Gasteiger partial charge is 0.493 e. The molecule has 1 rings (SSSR count). The van der Waals surface area contributed by atoms with Crippen molar-refractivity contribution < 1.29 is 4.74 Å². The van der Waals surface area contributed by atoms with Crippen molar-refractivity contribution in [2.75, 3.05) is 19.0 Å². The first kappa shape index (κ1) is 5.76. The Balaban J connectivity index is 2.37. The Labute approximate surface area is 53.5 Å². The molecule has 0 atom stereocenters. The van der Waals surface area contributed by atoms with Crippen LogP contribution in [0.4, 0.5) is 0 Å². The van der Waals surface area contributed by atoms with Crippen LogP contribution in [-0.4, -0.2) is 19.0 Å². The molecule has 2 nitrogen and oxygen atoms in total. The molecule has 0 saturated heterocycles. The summed E-state index contributed by atoms with van der Waals surface area (Å²) >= 11 is 5.45. The van der Waals surface area contributed by atoms with Crippen molar-refractivity contribution in [1.29, 1.82) is 0 Å². The van der Waals surface area contributed by atoms with Crippen LogP contribution in [0.3, 0.4) is 0 Å². The molecule has 0 unspecified atom stereocenters. The number of halogens is 1. The first-order chi connectivity index (χ1) is 3.93. The van der Waals surface area contributed by atoms with E-state index in [1.54, 1.807) is 6.20 Å². The minimum Gasteiger partial charge on any atom is -0.493 e. The van der Waals surface area contributed by atoms with Crippen LogP contribution in [0, 0.1) is 0 Å². The Morgan fingerprint density at radius 1 is 1.88 bits per heavy atom. The van der Waals surface area contributed by atoms with Gasteiger partial charge in [-0.3, -0.25) is 0 Å². The maximum Gasteiger partial charge on any atom is 0.126 e. The zero-order valence-electron chi connectivity index (χ0n) is 4.48. The molecule has 0 radical (unpaired) electrons. The summed E-state index contributed by atoms with van der Waals surface area (Å²) in [7, 11) is 0. The number of alkyl halides is 1. The molecule has 0 aliphatic carbocycles. The lowest BCUT2D eigenvalue weighted by Crippen LogP contribution is -2.20. The number of nitrogens with one attached hydrogen (secondary N) is 1. The molecule has 8 heavy (non-hydrogen) atoms. The Morgan fingerprint density at radius 2 is 2.75 bits per heavy atom. The van der Waals surface area contributed by atoms with Crippen molar-refractivity contribution in [2.45, 2.75) is 0 Å². The van der Waals surface area contributed by atoms with Crippen LogP contribution in [0.25, 0.3) is 0 Å². The average Bonchev–Trinajstić information content (AvgIpc) is 1.90. The second kappa shape index (κ2) is 2.82. The van der Waals surface area contributed by atoms with E-state index in [1.807, 2.05) is 0 Å². The zero-order valence-corrected chi connectivity index (χ0v) is 5.24. The smallest absolute Gasteiger partial charge is 0.126 e. The molecule has 0 aromatic heterocycles. The second-order valence-corrected chi connectivity index (χ2v) is 1.81.